The van der Waals surface area contributed by atoms with E-state index in [-0.39, 0.29) is 5.24 Å². The third-order valence-electron chi connectivity index (χ3n) is 3.28. The van der Waals surface area contributed by atoms with E-state index < -0.39 is 0 Å². The number of hydrogen-bond acceptors (Lipinski definition) is 2. The van der Waals surface area contributed by atoms with Crippen LogP contribution in [-0.2, 0) is 0 Å². The summed E-state index contributed by atoms with van der Waals surface area (Å²) >= 11 is 1.20. The molecule has 0 atom stereocenters. The van der Waals surface area contributed by atoms with Gasteiger partial charge in [-0.15, -0.1) is 0 Å². The number of amides is 1. The van der Waals surface area contributed by atoms with Crippen molar-refractivity contribution >= 4 is 22.7 Å². The van der Waals surface area contributed by atoms with E-state index in [1.54, 1.807) is 0 Å². The molecule has 2 nitrogen and oxygen atoms in total. The summed E-state index contributed by atoms with van der Waals surface area (Å²) in [5.74, 6) is 0. The van der Waals surface area contributed by atoms with Gasteiger partial charge in [-0.05, 0) is 49.4 Å². The molecule has 0 fully saturated rings. The molecule has 1 amide bonds. The molecule has 0 heterocycles. The van der Waals surface area contributed by atoms with Crippen LogP contribution in [0.1, 0.15) is 11.1 Å². The second kappa shape index (κ2) is 9.58. The zero-order valence-corrected chi connectivity index (χ0v) is 14.7. The van der Waals surface area contributed by atoms with Crippen LogP contribution in [0, 0.1) is 13.8 Å². The zero-order chi connectivity index (χ0) is 17.2. The highest BCUT2D eigenvalue weighted by atomic mass is 32.2. The molecule has 3 aromatic rings. The topological polar surface area (TPSA) is 29.1 Å². The Kier molecular flexibility index (Phi) is 7.12. The molecule has 0 saturated heterocycles. The minimum absolute atomic E-state index is 0.0644. The van der Waals surface area contributed by atoms with Crippen LogP contribution in [0.15, 0.2) is 89.8 Å². The first-order valence-corrected chi connectivity index (χ1v) is 8.58. The van der Waals surface area contributed by atoms with Crippen LogP contribution in [0.4, 0.5) is 10.5 Å². The molecule has 0 aliphatic heterocycles. The fourth-order valence-corrected chi connectivity index (χ4v) is 2.65. The zero-order valence-electron chi connectivity index (χ0n) is 13.9. The van der Waals surface area contributed by atoms with E-state index in [2.05, 4.69) is 24.4 Å². The third-order valence-corrected chi connectivity index (χ3v) is 4.07. The van der Waals surface area contributed by atoms with Gasteiger partial charge in [-0.1, -0.05) is 72.3 Å². The number of benzene rings is 3. The van der Waals surface area contributed by atoms with Gasteiger partial charge in [0.2, 0.25) is 0 Å². The second-order valence-electron chi connectivity index (χ2n) is 5.30. The summed E-state index contributed by atoms with van der Waals surface area (Å²) in [6, 6.07) is 27.6. The lowest BCUT2D eigenvalue weighted by Crippen LogP contribution is -2.05. The Bertz CT molecular complexity index is 757. The molecule has 122 valence electrons. The van der Waals surface area contributed by atoms with Crippen molar-refractivity contribution in [3.63, 3.8) is 0 Å². The van der Waals surface area contributed by atoms with E-state index in [0.29, 0.717) is 0 Å². The number of para-hydroxylation sites is 1. The van der Waals surface area contributed by atoms with E-state index in [0.717, 1.165) is 16.1 Å². The molecule has 1 N–H and O–H groups in total. The van der Waals surface area contributed by atoms with Gasteiger partial charge in [0, 0.05) is 10.6 Å². The summed E-state index contributed by atoms with van der Waals surface area (Å²) < 4.78 is 0. The monoisotopic (exact) mass is 335 g/mol. The number of thioether (sulfide) groups is 1. The Hall–Kier alpha value is -2.52. The van der Waals surface area contributed by atoms with Crippen molar-refractivity contribution in [3.8, 4) is 0 Å². The third kappa shape index (κ3) is 6.31. The van der Waals surface area contributed by atoms with Crippen molar-refractivity contribution in [2.75, 3.05) is 5.32 Å². The molecule has 0 unspecified atom stereocenters. The van der Waals surface area contributed by atoms with Gasteiger partial charge in [0.25, 0.3) is 5.24 Å². The fraction of sp³-hybridized carbons (Fsp3) is 0.0952. The largest absolute Gasteiger partial charge is 0.316 e. The molecule has 3 aromatic carbocycles. The van der Waals surface area contributed by atoms with Crippen LogP contribution >= 0.6 is 11.8 Å². The van der Waals surface area contributed by atoms with Crippen molar-refractivity contribution in [1.29, 1.82) is 0 Å². The van der Waals surface area contributed by atoms with Gasteiger partial charge in [0.1, 0.15) is 0 Å². The standard InChI is InChI=1S/C14H13NOS.C7H8/c1-11-7-5-6-10-13(11)15-14(16)17-12-8-3-2-4-9-12;1-7-5-3-2-4-6-7/h2-10H,1H3,(H,15,16);2-6H,1H3. The second-order valence-corrected chi connectivity index (χ2v) is 6.34. The van der Waals surface area contributed by atoms with E-state index in [1.807, 2.05) is 79.7 Å². The summed E-state index contributed by atoms with van der Waals surface area (Å²) in [5.41, 5.74) is 3.25. The summed E-state index contributed by atoms with van der Waals surface area (Å²) in [4.78, 5) is 12.7. The fourth-order valence-electron chi connectivity index (χ4n) is 1.98. The molecular formula is C21H21NOS. The average molecular weight is 335 g/mol. The van der Waals surface area contributed by atoms with Crippen molar-refractivity contribution in [2.45, 2.75) is 18.7 Å². The van der Waals surface area contributed by atoms with E-state index in [1.165, 1.54) is 17.3 Å². The van der Waals surface area contributed by atoms with Gasteiger partial charge in [-0.25, -0.2) is 0 Å². The normalized spacial score (nSPS) is 9.58. The first-order valence-electron chi connectivity index (χ1n) is 7.76. The SMILES string of the molecule is Cc1ccccc1.Cc1ccccc1NC(=O)Sc1ccccc1. The number of carbonyl (C=O) groups excluding carboxylic acids is 1. The van der Waals surface area contributed by atoms with Crippen LogP contribution in [0.3, 0.4) is 0 Å². The Morgan fingerprint density at radius 3 is 1.83 bits per heavy atom. The maximum absolute atomic E-state index is 11.8. The maximum atomic E-state index is 11.8. The molecule has 0 radical (unpaired) electrons. The maximum Gasteiger partial charge on any atom is 0.288 e. The Morgan fingerprint density at radius 2 is 1.29 bits per heavy atom. The molecule has 3 heteroatoms. The smallest absolute Gasteiger partial charge is 0.288 e. The van der Waals surface area contributed by atoms with Gasteiger partial charge >= 0.3 is 0 Å². The molecule has 0 aliphatic carbocycles. The predicted octanol–water partition coefficient (Wildman–Crippen LogP) is 6.31. The predicted molar refractivity (Wildman–Crippen MR) is 104 cm³/mol. The Labute approximate surface area is 147 Å². The summed E-state index contributed by atoms with van der Waals surface area (Å²) in [6.45, 7) is 4.06. The van der Waals surface area contributed by atoms with E-state index in [4.69, 9.17) is 0 Å². The van der Waals surface area contributed by atoms with Crippen molar-refractivity contribution in [1.82, 2.24) is 0 Å². The van der Waals surface area contributed by atoms with Crippen LogP contribution in [0.2, 0.25) is 0 Å². The minimum Gasteiger partial charge on any atom is -0.316 e. The Morgan fingerprint density at radius 1 is 0.750 bits per heavy atom. The first kappa shape index (κ1) is 17.8. The summed E-state index contributed by atoms with van der Waals surface area (Å²) in [5, 5.41) is 2.82. The molecule has 0 aliphatic rings. The van der Waals surface area contributed by atoms with E-state index >= 15 is 0 Å². The Balaban J connectivity index is 0.000000249. The molecule has 0 saturated carbocycles. The molecule has 0 bridgehead atoms. The first-order chi connectivity index (χ1) is 11.6. The van der Waals surface area contributed by atoms with Gasteiger partial charge in [-0.2, -0.15) is 0 Å². The number of hydrogen-bond donors (Lipinski definition) is 1. The molecular weight excluding hydrogens is 314 g/mol. The van der Waals surface area contributed by atoms with Crippen LogP contribution in [0.5, 0.6) is 0 Å². The lowest BCUT2D eigenvalue weighted by atomic mass is 10.2. The number of anilines is 1. The lowest BCUT2D eigenvalue weighted by Gasteiger charge is -2.07. The number of aryl methyl sites for hydroxylation is 2. The average Bonchev–Trinajstić information content (AvgIpc) is 2.59. The highest BCUT2D eigenvalue weighted by Crippen LogP contribution is 2.21. The molecule has 24 heavy (non-hydrogen) atoms. The number of carbonyl (C=O) groups is 1. The minimum atomic E-state index is -0.0644. The van der Waals surface area contributed by atoms with Crippen LogP contribution < -0.4 is 5.32 Å². The number of rotatable bonds is 2. The van der Waals surface area contributed by atoms with Gasteiger partial charge in [0.15, 0.2) is 0 Å². The quantitative estimate of drug-likeness (QED) is 0.556. The van der Waals surface area contributed by atoms with Crippen LogP contribution in [0.25, 0.3) is 0 Å². The van der Waals surface area contributed by atoms with Gasteiger partial charge in [0.05, 0.1) is 0 Å². The summed E-state index contributed by atoms with van der Waals surface area (Å²) in [7, 11) is 0. The highest BCUT2D eigenvalue weighted by molar-refractivity contribution is 8.13. The summed E-state index contributed by atoms with van der Waals surface area (Å²) in [6.07, 6.45) is 0. The van der Waals surface area contributed by atoms with Crippen molar-refractivity contribution < 1.29 is 4.79 Å². The highest BCUT2D eigenvalue weighted by Gasteiger charge is 2.05. The molecule has 3 rings (SSSR count). The lowest BCUT2D eigenvalue weighted by molar-refractivity contribution is 0.269. The van der Waals surface area contributed by atoms with Crippen molar-refractivity contribution in [2.24, 2.45) is 0 Å². The molecule has 0 aromatic heterocycles. The number of nitrogens with one attached hydrogen (secondary N) is 1. The molecule has 0 spiro atoms. The van der Waals surface area contributed by atoms with Crippen LogP contribution in [-0.4, -0.2) is 5.24 Å². The van der Waals surface area contributed by atoms with E-state index in [9.17, 15) is 4.79 Å². The van der Waals surface area contributed by atoms with Crippen molar-refractivity contribution in [3.05, 3.63) is 96.1 Å². The van der Waals surface area contributed by atoms with Gasteiger partial charge in [-0.3, -0.25) is 4.79 Å². The van der Waals surface area contributed by atoms with Gasteiger partial charge < -0.3 is 5.32 Å².